The van der Waals surface area contributed by atoms with Crippen LogP contribution in [-0.4, -0.2) is 21.8 Å². The fourth-order valence-corrected chi connectivity index (χ4v) is 5.13. The fraction of sp³-hybridized carbons (Fsp3) is 0.185. The van der Waals surface area contributed by atoms with E-state index in [0.717, 1.165) is 39.8 Å². The van der Waals surface area contributed by atoms with Crippen LogP contribution >= 0.6 is 12.2 Å². The van der Waals surface area contributed by atoms with Gasteiger partial charge in [-0.15, -0.1) is 0 Å². The minimum absolute atomic E-state index is 0.168. The van der Waals surface area contributed by atoms with Crippen molar-refractivity contribution in [3.8, 4) is 11.4 Å². The summed E-state index contributed by atoms with van der Waals surface area (Å²) in [5.41, 5.74) is 6.05. The van der Waals surface area contributed by atoms with E-state index in [0.29, 0.717) is 5.11 Å². The smallest absolute Gasteiger partial charge is 0.174 e. The minimum Gasteiger partial charge on any atom is -0.497 e. The van der Waals surface area contributed by atoms with E-state index in [4.69, 9.17) is 17.0 Å². The third-order valence-corrected chi connectivity index (χ3v) is 6.62. The molecule has 5 rings (SSSR count). The highest BCUT2D eigenvalue weighted by Gasteiger charge is 2.42. The van der Waals surface area contributed by atoms with Crippen LogP contribution in [0.25, 0.3) is 5.69 Å². The van der Waals surface area contributed by atoms with Crippen molar-refractivity contribution in [1.82, 2.24) is 14.9 Å². The standard InChI is InChI=1S/C27H25FN4OS/c1-17-15-23(18(2)31(17)21-7-6-8-22(16-21)33-3)26-25(24-9-4-5-14-29-24)30-27(34)32(26)20-12-10-19(28)11-13-20/h4-16,25-26H,1-3H3,(H,30,34). The first kappa shape index (κ1) is 22.1. The number of pyridine rings is 1. The van der Waals surface area contributed by atoms with Gasteiger partial charge in [0.25, 0.3) is 0 Å². The lowest BCUT2D eigenvalue weighted by molar-refractivity contribution is 0.414. The van der Waals surface area contributed by atoms with Gasteiger partial charge in [0.05, 0.1) is 24.9 Å². The number of hydrogen-bond acceptors (Lipinski definition) is 3. The minimum atomic E-state index is -0.282. The summed E-state index contributed by atoms with van der Waals surface area (Å²) in [5.74, 6) is 0.519. The lowest BCUT2D eigenvalue weighted by Crippen LogP contribution is -2.29. The first-order valence-corrected chi connectivity index (χ1v) is 11.5. The van der Waals surface area contributed by atoms with E-state index in [2.05, 4.69) is 45.7 Å². The molecule has 0 amide bonds. The highest BCUT2D eigenvalue weighted by Crippen LogP contribution is 2.43. The number of nitrogens with zero attached hydrogens (tertiary/aromatic N) is 3. The Bertz CT molecular complexity index is 1340. The second-order valence-electron chi connectivity index (χ2n) is 8.34. The molecule has 0 radical (unpaired) electrons. The lowest BCUT2D eigenvalue weighted by atomic mass is 9.96. The summed E-state index contributed by atoms with van der Waals surface area (Å²) in [6.07, 6.45) is 1.79. The summed E-state index contributed by atoms with van der Waals surface area (Å²) in [6, 6.07) is 22.2. The molecule has 1 aliphatic heterocycles. The van der Waals surface area contributed by atoms with Gasteiger partial charge < -0.3 is 19.5 Å². The van der Waals surface area contributed by atoms with E-state index in [-0.39, 0.29) is 17.9 Å². The summed E-state index contributed by atoms with van der Waals surface area (Å²) < 4.78 is 21.4. The Balaban J connectivity index is 1.67. The third kappa shape index (κ3) is 3.82. The molecule has 1 N–H and O–H groups in total. The Morgan fingerprint density at radius 3 is 2.47 bits per heavy atom. The van der Waals surface area contributed by atoms with Gasteiger partial charge >= 0.3 is 0 Å². The van der Waals surface area contributed by atoms with Gasteiger partial charge in [0.1, 0.15) is 11.6 Å². The van der Waals surface area contributed by atoms with Crippen LogP contribution in [0.5, 0.6) is 5.75 Å². The topological polar surface area (TPSA) is 42.3 Å². The molecule has 0 spiro atoms. The van der Waals surface area contributed by atoms with Crippen LogP contribution in [0.15, 0.2) is 79.0 Å². The van der Waals surface area contributed by atoms with Crippen molar-refractivity contribution in [2.45, 2.75) is 25.9 Å². The van der Waals surface area contributed by atoms with Crippen molar-refractivity contribution in [3.63, 3.8) is 0 Å². The van der Waals surface area contributed by atoms with Crippen molar-refractivity contribution >= 4 is 23.0 Å². The number of aromatic nitrogens is 2. The molecule has 7 heteroatoms. The predicted octanol–water partition coefficient (Wildman–Crippen LogP) is 5.81. The molecule has 172 valence electrons. The molecule has 1 fully saturated rings. The summed E-state index contributed by atoms with van der Waals surface area (Å²) in [5, 5.41) is 4.05. The van der Waals surface area contributed by atoms with E-state index in [9.17, 15) is 4.39 Å². The number of hydrogen-bond donors (Lipinski definition) is 1. The van der Waals surface area contributed by atoms with Crippen molar-refractivity contribution in [2.24, 2.45) is 0 Å². The third-order valence-electron chi connectivity index (χ3n) is 6.30. The number of halogens is 1. The van der Waals surface area contributed by atoms with Gasteiger partial charge in [-0.3, -0.25) is 4.98 Å². The fourth-order valence-electron chi connectivity index (χ4n) is 4.78. The van der Waals surface area contributed by atoms with Crippen LogP contribution in [0.3, 0.4) is 0 Å². The average molecular weight is 473 g/mol. The van der Waals surface area contributed by atoms with Gasteiger partial charge in [0, 0.05) is 35.0 Å². The summed E-state index contributed by atoms with van der Waals surface area (Å²) in [4.78, 5) is 6.68. The van der Waals surface area contributed by atoms with Crippen LogP contribution in [0.4, 0.5) is 10.1 Å². The van der Waals surface area contributed by atoms with Gasteiger partial charge in [-0.05, 0) is 86.2 Å². The molecule has 34 heavy (non-hydrogen) atoms. The molecule has 2 atom stereocenters. The van der Waals surface area contributed by atoms with Crippen LogP contribution in [0, 0.1) is 19.7 Å². The number of anilines is 1. The van der Waals surface area contributed by atoms with Crippen molar-refractivity contribution < 1.29 is 9.13 Å². The molecule has 1 saturated heterocycles. The van der Waals surface area contributed by atoms with E-state index < -0.39 is 0 Å². The van der Waals surface area contributed by atoms with Crippen LogP contribution in [-0.2, 0) is 0 Å². The predicted molar refractivity (Wildman–Crippen MR) is 136 cm³/mol. The quantitative estimate of drug-likeness (QED) is 0.371. The van der Waals surface area contributed by atoms with Crippen LogP contribution in [0.1, 0.15) is 34.7 Å². The maximum absolute atomic E-state index is 13.7. The Kier molecular flexibility index (Phi) is 5.79. The second kappa shape index (κ2) is 8.91. The number of nitrogens with one attached hydrogen (secondary N) is 1. The van der Waals surface area contributed by atoms with Gasteiger partial charge in [0.15, 0.2) is 5.11 Å². The molecule has 5 nitrogen and oxygen atoms in total. The number of rotatable bonds is 5. The molecule has 0 saturated carbocycles. The molecule has 1 aliphatic rings. The molecule has 3 heterocycles. The maximum Gasteiger partial charge on any atom is 0.174 e. The molecule has 2 aromatic carbocycles. The van der Waals surface area contributed by atoms with E-state index in [1.54, 1.807) is 25.4 Å². The zero-order valence-corrected chi connectivity index (χ0v) is 20.0. The molecule has 2 aromatic heterocycles. The monoisotopic (exact) mass is 472 g/mol. The van der Waals surface area contributed by atoms with Crippen molar-refractivity contribution in [2.75, 3.05) is 12.0 Å². The Hall–Kier alpha value is -3.71. The Morgan fingerprint density at radius 1 is 0.971 bits per heavy atom. The van der Waals surface area contributed by atoms with Crippen molar-refractivity contribution in [3.05, 3.63) is 107 Å². The molecular formula is C27H25FN4OS. The molecule has 4 aromatic rings. The normalized spacial score (nSPS) is 17.6. The number of aryl methyl sites for hydroxylation is 1. The number of methoxy groups -OCH3 is 1. The van der Waals surface area contributed by atoms with E-state index >= 15 is 0 Å². The van der Waals surface area contributed by atoms with Crippen molar-refractivity contribution in [1.29, 1.82) is 0 Å². The molecule has 0 bridgehead atoms. The summed E-state index contributed by atoms with van der Waals surface area (Å²) >= 11 is 5.79. The summed E-state index contributed by atoms with van der Waals surface area (Å²) in [7, 11) is 1.67. The Morgan fingerprint density at radius 2 is 1.76 bits per heavy atom. The SMILES string of the molecule is COc1cccc(-n2c(C)cc(C3C(c4ccccn4)NC(=S)N3c3ccc(F)cc3)c2C)c1. The maximum atomic E-state index is 13.7. The summed E-state index contributed by atoms with van der Waals surface area (Å²) in [6.45, 7) is 4.20. The first-order valence-electron chi connectivity index (χ1n) is 11.1. The molecule has 2 unspecified atom stereocenters. The molecular weight excluding hydrogens is 447 g/mol. The highest BCUT2D eigenvalue weighted by atomic mass is 32.1. The Labute approximate surface area is 203 Å². The first-order chi connectivity index (χ1) is 16.5. The van der Waals surface area contributed by atoms with Crippen LogP contribution < -0.4 is 15.0 Å². The van der Waals surface area contributed by atoms with Gasteiger partial charge in [-0.2, -0.15) is 0 Å². The number of benzene rings is 2. The van der Waals surface area contributed by atoms with Gasteiger partial charge in [-0.25, -0.2) is 4.39 Å². The van der Waals surface area contributed by atoms with Crippen LogP contribution in [0.2, 0.25) is 0 Å². The lowest BCUT2D eigenvalue weighted by Gasteiger charge is -2.28. The highest BCUT2D eigenvalue weighted by molar-refractivity contribution is 7.80. The van der Waals surface area contributed by atoms with E-state index in [1.165, 1.54) is 12.1 Å². The number of thiocarbonyl (C=S) groups is 1. The second-order valence-corrected chi connectivity index (χ2v) is 8.72. The largest absolute Gasteiger partial charge is 0.497 e. The number of ether oxygens (including phenoxy) is 1. The molecule has 0 aliphatic carbocycles. The van der Waals surface area contributed by atoms with E-state index in [1.807, 2.05) is 36.4 Å². The van der Waals surface area contributed by atoms with Gasteiger partial charge in [-0.1, -0.05) is 12.1 Å². The zero-order valence-electron chi connectivity index (χ0n) is 19.2. The zero-order chi connectivity index (χ0) is 23.8. The van der Waals surface area contributed by atoms with Gasteiger partial charge in [0.2, 0.25) is 0 Å². The average Bonchev–Trinajstić information content (AvgIpc) is 3.35.